The Hall–Kier alpha value is -2.80. The molecule has 1 atom stereocenters. The number of aromatic nitrogens is 5. The lowest BCUT2D eigenvalue weighted by atomic mass is 10.1. The normalized spacial score (nSPS) is 19.2. The number of pyridine rings is 1. The van der Waals surface area contributed by atoms with Gasteiger partial charge in [-0.15, -0.1) is 0 Å². The van der Waals surface area contributed by atoms with Crippen LogP contribution in [-0.4, -0.2) is 42.0 Å². The lowest BCUT2D eigenvalue weighted by Gasteiger charge is -2.24. The molecule has 2 aliphatic rings. The molecule has 3 aromatic heterocycles. The van der Waals surface area contributed by atoms with Crippen LogP contribution in [0.5, 0.6) is 0 Å². The molecule has 1 saturated heterocycles. The van der Waals surface area contributed by atoms with Crippen molar-refractivity contribution in [2.45, 2.75) is 51.4 Å². The summed E-state index contributed by atoms with van der Waals surface area (Å²) in [4.78, 5) is 19.0. The first-order valence-electron chi connectivity index (χ1n) is 10.0. The van der Waals surface area contributed by atoms with Crippen molar-refractivity contribution in [2.75, 3.05) is 6.54 Å². The van der Waals surface area contributed by atoms with E-state index in [0.29, 0.717) is 12.6 Å². The second-order valence-electron chi connectivity index (χ2n) is 7.68. The molecule has 0 spiro atoms. The summed E-state index contributed by atoms with van der Waals surface area (Å²) in [6, 6.07) is 7.57. The number of nitrogens with zero attached hydrogens (tertiary/aromatic N) is 6. The van der Waals surface area contributed by atoms with E-state index in [-0.39, 0.29) is 5.56 Å². The Balaban J connectivity index is 1.35. The topological polar surface area (TPSA) is 68.8 Å². The molecule has 5 heterocycles. The molecule has 0 amide bonds. The SMILES string of the molecule is O=c1ccc(-c2ccncc2)nn1CC1CCCN1Cc1cnn2c1CCC2. The minimum atomic E-state index is -0.0453. The van der Waals surface area contributed by atoms with Crippen molar-refractivity contribution >= 4 is 0 Å². The van der Waals surface area contributed by atoms with Gasteiger partial charge in [-0.05, 0) is 50.4 Å². The standard InChI is InChI=1S/C21H24N6O/c28-21-6-5-19(16-7-9-22-10-8-16)24-27(21)15-18-3-1-11-25(18)14-17-13-23-26-12-2-4-20(17)26/h5-10,13,18H,1-4,11-12,14-15H2. The number of hydrogen-bond acceptors (Lipinski definition) is 5. The summed E-state index contributed by atoms with van der Waals surface area (Å²) in [5, 5.41) is 9.15. The van der Waals surface area contributed by atoms with Crippen LogP contribution in [0.2, 0.25) is 0 Å². The average Bonchev–Trinajstić information content (AvgIpc) is 3.44. The van der Waals surface area contributed by atoms with E-state index in [2.05, 4.69) is 24.8 Å². The van der Waals surface area contributed by atoms with Crippen LogP contribution < -0.4 is 5.56 Å². The van der Waals surface area contributed by atoms with E-state index in [1.807, 2.05) is 18.3 Å². The molecule has 1 unspecified atom stereocenters. The summed E-state index contributed by atoms with van der Waals surface area (Å²) in [7, 11) is 0. The Labute approximate surface area is 163 Å². The van der Waals surface area contributed by atoms with Crippen molar-refractivity contribution < 1.29 is 0 Å². The second kappa shape index (κ2) is 7.31. The molecule has 0 aromatic carbocycles. The number of aryl methyl sites for hydroxylation is 1. The van der Waals surface area contributed by atoms with E-state index in [4.69, 9.17) is 0 Å². The van der Waals surface area contributed by atoms with Gasteiger partial charge in [-0.3, -0.25) is 19.4 Å². The Morgan fingerprint density at radius 2 is 1.96 bits per heavy atom. The molecular weight excluding hydrogens is 352 g/mol. The fourth-order valence-electron chi connectivity index (χ4n) is 4.44. The van der Waals surface area contributed by atoms with Crippen LogP contribution in [0.15, 0.2) is 47.7 Å². The highest BCUT2D eigenvalue weighted by atomic mass is 16.1. The third kappa shape index (κ3) is 3.26. The van der Waals surface area contributed by atoms with Gasteiger partial charge in [-0.1, -0.05) is 0 Å². The Bertz CT molecular complexity index is 1020. The van der Waals surface area contributed by atoms with Crippen LogP contribution >= 0.6 is 0 Å². The van der Waals surface area contributed by atoms with Crippen LogP contribution in [0.3, 0.4) is 0 Å². The van der Waals surface area contributed by atoms with Gasteiger partial charge in [0.15, 0.2) is 0 Å². The maximum atomic E-state index is 12.4. The van der Waals surface area contributed by atoms with E-state index in [9.17, 15) is 4.79 Å². The minimum absolute atomic E-state index is 0.0453. The summed E-state index contributed by atoms with van der Waals surface area (Å²) in [5.74, 6) is 0. The summed E-state index contributed by atoms with van der Waals surface area (Å²) >= 11 is 0. The van der Waals surface area contributed by atoms with Gasteiger partial charge in [0.1, 0.15) is 0 Å². The van der Waals surface area contributed by atoms with Crippen LogP contribution in [0, 0.1) is 0 Å². The molecule has 7 heteroatoms. The highest BCUT2D eigenvalue weighted by molar-refractivity contribution is 5.56. The van der Waals surface area contributed by atoms with Gasteiger partial charge in [0.2, 0.25) is 0 Å². The van der Waals surface area contributed by atoms with Gasteiger partial charge in [-0.25, -0.2) is 4.68 Å². The summed E-state index contributed by atoms with van der Waals surface area (Å²) in [6.45, 7) is 3.65. The summed E-state index contributed by atoms with van der Waals surface area (Å²) in [5.41, 5.74) is 4.47. The number of rotatable bonds is 5. The van der Waals surface area contributed by atoms with Crippen LogP contribution in [0.25, 0.3) is 11.3 Å². The third-order valence-corrected chi connectivity index (χ3v) is 5.92. The molecular formula is C21H24N6O. The van der Waals surface area contributed by atoms with Crippen molar-refractivity contribution in [3.8, 4) is 11.3 Å². The molecule has 7 nitrogen and oxygen atoms in total. The first-order chi connectivity index (χ1) is 13.8. The maximum absolute atomic E-state index is 12.4. The van der Waals surface area contributed by atoms with Gasteiger partial charge < -0.3 is 0 Å². The molecule has 0 radical (unpaired) electrons. The van der Waals surface area contributed by atoms with Crippen molar-refractivity contribution in [3.05, 3.63) is 64.5 Å². The molecule has 0 bridgehead atoms. The predicted molar refractivity (Wildman–Crippen MR) is 106 cm³/mol. The first-order valence-corrected chi connectivity index (χ1v) is 10.0. The van der Waals surface area contributed by atoms with E-state index < -0.39 is 0 Å². The van der Waals surface area contributed by atoms with E-state index in [0.717, 1.165) is 50.2 Å². The van der Waals surface area contributed by atoms with E-state index in [1.54, 1.807) is 29.2 Å². The molecule has 0 saturated carbocycles. The zero-order valence-electron chi connectivity index (χ0n) is 15.9. The first kappa shape index (κ1) is 17.3. The number of fused-ring (bicyclic) bond motifs is 1. The highest BCUT2D eigenvalue weighted by Gasteiger charge is 2.27. The van der Waals surface area contributed by atoms with Crippen molar-refractivity contribution in [1.29, 1.82) is 0 Å². The monoisotopic (exact) mass is 376 g/mol. The zero-order chi connectivity index (χ0) is 18.9. The lowest BCUT2D eigenvalue weighted by Crippen LogP contribution is -2.36. The lowest BCUT2D eigenvalue weighted by molar-refractivity contribution is 0.216. The van der Waals surface area contributed by atoms with Crippen molar-refractivity contribution in [1.82, 2.24) is 29.4 Å². The molecule has 3 aromatic rings. The van der Waals surface area contributed by atoms with Crippen molar-refractivity contribution in [2.24, 2.45) is 0 Å². The number of hydrogen-bond donors (Lipinski definition) is 0. The van der Waals surface area contributed by atoms with Crippen molar-refractivity contribution in [3.63, 3.8) is 0 Å². The smallest absolute Gasteiger partial charge is 0.266 e. The Kier molecular flexibility index (Phi) is 4.52. The average molecular weight is 376 g/mol. The summed E-state index contributed by atoms with van der Waals surface area (Å²) < 4.78 is 3.77. The van der Waals surface area contributed by atoms with Crippen LogP contribution in [-0.2, 0) is 26.1 Å². The maximum Gasteiger partial charge on any atom is 0.266 e. The van der Waals surface area contributed by atoms with Gasteiger partial charge in [0.25, 0.3) is 5.56 Å². The molecule has 144 valence electrons. The molecule has 5 rings (SSSR count). The van der Waals surface area contributed by atoms with E-state index in [1.165, 1.54) is 17.7 Å². The fourth-order valence-corrected chi connectivity index (χ4v) is 4.44. The number of likely N-dealkylation sites (tertiary alicyclic amines) is 1. The second-order valence-corrected chi connectivity index (χ2v) is 7.68. The Morgan fingerprint density at radius 1 is 1.07 bits per heavy atom. The van der Waals surface area contributed by atoms with Gasteiger partial charge >= 0.3 is 0 Å². The largest absolute Gasteiger partial charge is 0.294 e. The molecule has 1 fully saturated rings. The van der Waals surface area contributed by atoms with Crippen LogP contribution in [0.1, 0.15) is 30.5 Å². The van der Waals surface area contributed by atoms with Gasteiger partial charge in [0, 0.05) is 54.4 Å². The summed E-state index contributed by atoms with van der Waals surface area (Å²) in [6.07, 6.45) is 10.1. The molecule has 2 aliphatic heterocycles. The highest BCUT2D eigenvalue weighted by Crippen LogP contribution is 2.25. The molecule has 0 aliphatic carbocycles. The van der Waals surface area contributed by atoms with Gasteiger partial charge in [-0.2, -0.15) is 10.2 Å². The zero-order valence-corrected chi connectivity index (χ0v) is 15.9. The Morgan fingerprint density at radius 3 is 2.86 bits per heavy atom. The fraction of sp³-hybridized carbons (Fsp3) is 0.429. The predicted octanol–water partition coefficient (Wildman–Crippen LogP) is 2.11. The third-order valence-electron chi connectivity index (χ3n) is 5.92. The quantitative estimate of drug-likeness (QED) is 0.682. The van der Waals surface area contributed by atoms with Crippen LogP contribution in [0.4, 0.5) is 0 Å². The molecule has 28 heavy (non-hydrogen) atoms. The minimum Gasteiger partial charge on any atom is -0.294 e. The van der Waals surface area contributed by atoms with E-state index >= 15 is 0 Å². The molecule has 0 N–H and O–H groups in total. The van der Waals surface area contributed by atoms with Gasteiger partial charge in [0.05, 0.1) is 18.4 Å².